The number of methoxy groups -OCH3 is 1. The number of hydrogen-bond acceptors (Lipinski definition) is 3. The van der Waals surface area contributed by atoms with Crippen LogP contribution in [0, 0.1) is 6.92 Å². The number of carbonyl (C=O) groups is 2. The van der Waals surface area contributed by atoms with E-state index in [1.165, 1.54) is 0 Å². The Balaban J connectivity index is 1.72. The van der Waals surface area contributed by atoms with Gasteiger partial charge in [0.15, 0.2) is 5.78 Å². The first-order valence-corrected chi connectivity index (χ1v) is 9.32. The second kappa shape index (κ2) is 7.03. The third kappa shape index (κ3) is 3.27. The van der Waals surface area contributed by atoms with Crippen molar-refractivity contribution in [3.8, 4) is 5.75 Å². The summed E-state index contributed by atoms with van der Waals surface area (Å²) >= 11 is 0. The number of ketones is 1. The summed E-state index contributed by atoms with van der Waals surface area (Å²) in [4.78, 5) is 25.5. The van der Waals surface area contributed by atoms with Gasteiger partial charge in [-0.3, -0.25) is 9.59 Å². The summed E-state index contributed by atoms with van der Waals surface area (Å²) in [6.45, 7) is 2.04. The lowest BCUT2D eigenvalue weighted by molar-refractivity contribution is -0.122. The summed E-state index contributed by atoms with van der Waals surface area (Å²) in [6.07, 6.45) is 1.46. The minimum atomic E-state index is -0.145. The molecule has 1 aliphatic heterocycles. The molecule has 1 N–H and O–H groups in total. The molecule has 0 aromatic heterocycles. The minimum Gasteiger partial charge on any atom is -0.497 e. The van der Waals surface area contributed by atoms with Gasteiger partial charge in [0, 0.05) is 30.0 Å². The summed E-state index contributed by atoms with van der Waals surface area (Å²) in [6, 6.07) is 15.9. The van der Waals surface area contributed by atoms with Gasteiger partial charge in [-0.15, -0.1) is 0 Å². The van der Waals surface area contributed by atoms with Gasteiger partial charge in [-0.1, -0.05) is 36.4 Å². The van der Waals surface area contributed by atoms with Gasteiger partial charge in [0.05, 0.1) is 7.11 Å². The van der Waals surface area contributed by atoms with E-state index in [2.05, 4.69) is 5.32 Å². The minimum absolute atomic E-state index is 0.0129. The van der Waals surface area contributed by atoms with Gasteiger partial charge >= 0.3 is 0 Å². The van der Waals surface area contributed by atoms with Crippen molar-refractivity contribution in [1.82, 2.24) is 5.32 Å². The number of benzene rings is 2. The standard InChI is InChI=1S/C23H23NO3/c1-14-6-3-4-9-18(14)19-13-22(26)24-20-11-16(12-21(25)23(19)20)15-7-5-8-17(10-15)27-2/h3-10,16,19H,11-13H2,1-2H3,(H,24,26). The molecule has 1 aliphatic carbocycles. The van der Waals surface area contributed by atoms with Crippen LogP contribution in [0.2, 0.25) is 0 Å². The monoisotopic (exact) mass is 361 g/mol. The molecule has 138 valence electrons. The van der Waals surface area contributed by atoms with Gasteiger partial charge in [0.2, 0.25) is 5.91 Å². The smallest absolute Gasteiger partial charge is 0.225 e. The molecular weight excluding hydrogens is 338 g/mol. The molecule has 0 spiro atoms. The normalized spacial score (nSPS) is 22.3. The van der Waals surface area contributed by atoms with E-state index >= 15 is 0 Å². The molecule has 0 fully saturated rings. The van der Waals surface area contributed by atoms with Gasteiger partial charge in [0.25, 0.3) is 0 Å². The predicted molar refractivity (Wildman–Crippen MR) is 104 cm³/mol. The fraction of sp³-hybridized carbons (Fsp3) is 0.304. The van der Waals surface area contributed by atoms with Crippen LogP contribution in [-0.4, -0.2) is 18.8 Å². The highest BCUT2D eigenvalue weighted by Gasteiger charge is 2.38. The van der Waals surface area contributed by atoms with Crippen molar-refractivity contribution in [2.24, 2.45) is 0 Å². The topological polar surface area (TPSA) is 55.4 Å². The number of Topliss-reactive ketones (excluding diaryl/α,β-unsaturated/α-hetero) is 1. The zero-order valence-corrected chi connectivity index (χ0v) is 15.6. The summed E-state index contributed by atoms with van der Waals surface area (Å²) in [7, 11) is 1.64. The van der Waals surface area contributed by atoms with E-state index < -0.39 is 0 Å². The van der Waals surface area contributed by atoms with Crippen LogP contribution < -0.4 is 10.1 Å². The quantitative estimate of drug-likeness (QED) is 0.899. The molecule has 2 aromatic carbocycles. The van der Waals surface area contributed by atoms with Crippen molar-refractivity contribution in [2.75, 3.05) is 7.11 Å². The number of aryl methyl sites for hydroxylation is 1. The molecule has 2 atom stereocenters. The summed E-state index contributed by atoms with van der Waals surface area (Å²) in [5, 5.41) is 2.98. The van der Waals surface area contributed by atoms with Crippen molar-refractivity contribution in [2.45, 2.75) is 38.0 Å². The fourth-order valence-corrected chi connectivity index (χ4v) is 4.33. The Morgan fingerprint density at radius 3 is 2.59 bits per heavy atom. The van der Waals surface area contributed by atoms with E-state index in [0.29, 0.717) is 19.3 Å². The Labute approximate surface area is 159 Å². The van der Waals surface area contributed by atoms with E-state index in [9.17, 15) is 9.59 Å². The Bertz CT molecular complexity index is 944. The highest BCUT2D eigenvalue weighted by Crippen LogP contribution is 2.43. The second-order valence-electron chi connectivity index (χ2n) is 7.36. The van der Waals surface area contributed by atoms with Crippen molar-refractivity contribution >= 4 is 11.7 Å². The van der Waals surface area contributed by atoms with E-state index in [4.69, 9.17) is 4.74 Å². The van der Waals surface area contributed by atoms with Crippen LogP contribution in [-0.2, 0) is 9.59 Å². The lowest BCUT2D eigenvalue weighted by Gasteiger charge is -2.35. The maximum atomic E-state index is 13.1. The van der Waals surface area contributed by atoms with Crippen molar-refractivity contribution in [3.05, 3.63) is 76.5 Å². The molecule has 0 saturated carbocycles. The fourth-order valence-electron chi connectivity index (χ4n) is 4.33. The molecule has 4 heteroatoms. The zero-order valence-electron chi connectivity index (χ0n) is 15.6. The van der Waals surface area contributed by atoms with E-state index in [-0.39, 0.29) is 23.5 Å². The van der Waals surface area contributed by atoms with Crippen LogP contribution in [0.25, 0.3) is 0 Å². The predicted octanol–water partition coefficient (Wildman–Crippen LogP) is 4.01. The van der Waals surface area contributed by atoms with Crippen LogP contribution >= 0.6 is 0 Å². The van der Waals surface area contributed by atoms with Crippen LogP contribution in [0.1, 0.15) is 47.8 Å². The summed E-state index contributed by atoms with van der Waals surface area (Å²) in [5.41, 5.74) is 4.85. The Hall–Kier alpha value is -2.88. The zero-order chi connectivity index (χ0) is 19.0. The third-order valence-corrected chi connectivity index (χ3v) is 5.67. The molecule has 0 saturated heterocycles. The first kappa shape index (κ1) is 17.5. The number of rotatable bonds is 3. The van der Waals surface area contributed by atoms with Gasteiger partial charge in [-0.2, -0.15) is 0 Å². The number of hydrogen-bond donors (Lipinski definition) is 1. The molecule has 2 aromatic rings. The summed E-state index contributed by atoms with van der Waals surface area (Å²) < 4.78 is 5.32. The Morgan fingerprint density at radius 1 is 1.00 bits per heavy atom. The largest absolute Gasteiger partial charge is 0.497 e. The highest BCUT2D eigenvalue weighted by molar-refractivity contribution is 6.02. The Morgan fingerprint density at radius 2 is 1.81 bits per heavy atom. The third-order valence-electron chi connectivity index (χ3n) is 5.67. The lowest BCUT2D eigenvalue weighted by Crippen LogP contribution is -2.38. The van der Waals surface area contributed by atoms with E-state index in [1.807, 2.05) is 55.5 Å². The molecule has 1 heterocycles. The van der Waals surface area contributed by atoms with Gasteiger partial charge in [-0.05, 0) is 48.1 Å². The van der Waals surface area contributed by atoms with Gasteiger partial charge in [0.1, 0.15) is 5.75 Å². The lowest BCUT2D eigenvalue weighted by atomic mass is 9.73. The maximum absolute atomic E-state index is 13.1. The molecule has 0 bridgehead atoms. The molecule has 2 unspecified atom stereocenters. The number of nitrogens with one attached hydrogen (secondary N) is 1. The summed E-state index contributed by atoms with van der Waals surface area (Å²) in [5.74, 6) is 0.819. The van der Waals surface area contributed by atoms with Crippen LogP contribution in [0.3, 0.4) is 0 Å². The Kier molecular flexibility index (Phi) is 4.56. The van der Waals surface area contributed by atoms with Gasteiger partial charge < -0.3 is 10.1 Å². The number of allylic oxidation sites excluding steroid dienone is 2. The van der Waals surface area contributed by atoms with Crippen molar-refractivity contribution in [3.63, 3.8) is 0 Å². The van der Waals surface area contributed by atoms with Gasteiger partial charge in [-0.25, -0.2) is 0 Å². The first-order chi connectivity index (χ1) is 13.1. The van der Waals surface area contributed by atoms with E-state index in [0.717, 1.165) is 33.7 Å². The average Bonchev–Trinajstić information content (AvgIpc) is 2.67. The SMILES string of the molecule is COc1cccc(C2CC(=O)C3=C(C2)NC(=O)CC3c2ccccc2C)c1. The molecule has 0 radical (unpaired) electrons. The van der Waals surface area contributed by atoms with Crippen LogP contribution in [0.4, 0.5) is 0 Å². The number of carbonyl (C=O) groups excluding carboxylic acids is 2. The van der Waals surface area contributed by atoms with Crippen LogP contribution in [0.15, 0.2) is 59.8 Å². The molecule has 27 heavy (non-hydrogen) atoms. The number of amides is 1. The molecule has 4 nitrogen and oxygen atoms in total. The van der Waals surface area contributed by atoms with E-state index in [1.54, 1.807) is 7.11 Å². The molecule has 1 amide bonds. The highest BCUT2D eigenvalue weighted by atomic mass is 16.5. The maximum Gasteiger partial charge on any atom is 0.225 e. The number of ether oxygens (including phenoxy) is 1. The van der Waals surface area contributed by atoms with Crippen LogP contribution in [0.5, 0.6) is 5.75 Å². The first-order valence-electron chi connectivity index (χ1n) is 9.32. The molecule has 2 aliphatic rings. The molecular formula is C23H23NO3. The average molecular weight is 361 g/mol. The second-order valence-corrected chi connectivity index (χ2v) is 7.36. The van der Waals surface area contributed by atoms with Crippen molar-refractivity contribution in [1.29, 1.82) is 0 Å². The van der Waals surface area contributed by atoms with Crippen molar-refractivity contribution < 1.29 is 14.3 Å². The molecule has 4 rings (SSSR count).